The van der Waals surface area contributed by atoms with E-state index in [1.807, 2.05) is 18.7 Å². The number of carbonyl (C=O) groups is 2. The Morgan fingerprint density at radius 3 is 2.42 bits per heavy atom. The van der Waals surface area contributed by atoms with Crippen LogP contribution in [0.4, 0.5) is 28.9 Å². The van der Waals surface area contributed by atoms with Crippen LogP contribution in [0.3, 0.4) is 0 Å². The number of benzene rings is 3. The Morgan fingerprint density at radius 1 is 1.00 bits per heavy atom. The Bertz CT molecular complexity index is 1530. The van der Waals surface area contributed by atoms with Gasteiger partial charge in [0.1, 0.15) is 11.6 Å². The van der Waals surface area contributed by atoms with E-state index in [2.05, 4.69) is 5.32 Å². The van der Waals surface area contributed by atoms with E-state index in [1.54, 1.807) is 18.2 Å². The minimum absolute atomic E-state index is 0.0594. The van der Waals surface area contributed by atoms with E-state index in [9.17, 15) is 27.9 Å². The van der Waals surface area contributed by atoms with Crippen LogP contribution in [0.2, 0.25) is 0 Å². The summed E-state index contributed by atoms with van der Waals surface area (Å²) in [4.78, 5) is 27.1. The molecule has 0 bridgehead atoms. The first-order chi connectivity index (χ1) is 20.4. The number of ether oxygens (including phenoxy) is 2. The molecule has 1 fully saturated rings. The van der Waals surface area contributed by atoms with Crippen molar-refractivity contribution in [2.45, 2.75) is 57.9 Å². The molecule has 3 aromatic rings. The van der Waals surface area contributed by atoms with Crippen LogP contribution in [0.5, 0.6) is 11.5 Å². The Hall–Kier alpha value is -4.28. The van der Waals surface area contributed by atoms with Gasteiger partial charge in [0, 0.05) is 36.6 Å². The smallest absolute Gasteiger partial charge is 0.336 e. The second-order valence-corrected chi connectivity index (χ2v) is 11.4. The van der Waals surface area contributed by atoms with Gasteiger partial charge in [0.25, 0.3) is 0 Å². The number of aromatic carboxylic acids is 1. The molecule has 43 heavy (non-hydrogen) atoms. The minimum atomic E-state index is -2.78. The average molecular weight is 601 g/mol. The molecule has 0 saturated heterocycles. The van der Waals surface area contributed by atoms with Gasteiger partial charge in [-0.2, -0.15) is 0 Å². The highest BCUT2D eigenvalue weighted by atomic mass is 19.3. The predicted molar refractivity (Wildman–Crippen MR) is 153 cm³/mol. The molecule has 5 rings (SSSR count). The summed E-state index contributed by atoms with van der Waals surface area (Å²) in [6.45, 7) is 4.35. The number of carbonyl (C=O) groups excluding carboxylic acids is 1. The number of anilines is 2. The van der Waals surface area contributed by atoms with Crippen molar-refractivity contribution in [2.75, 3.05) is 23.6 Å². The molecule has 0 unspecified atom stereocenters. The molecule has 1 heterocycles. The normalized spacial score (nSPS) is 15.9. The second-order valence-electron chi connectivity index (χ2n) is 11.4. The van der Waals surface area contributed by atoms with Crippen molar-refractivity contribution in [2.24, 2.45) is 5.92 Å². The van der Waals surface area contributed by atoms with Gasteiger partial charge in [-0.1, -0.05) is 19.9 Å². The van der Waals surface area contributed by atoms with Crippen LogP contribution in [0.1, 0.15) is 55.5 Å². The van der Waals surface area contributed by atoms with E-state index in [4.69, 9.17) is 9.47 Å². The maximum absolute atomic E-state index is 15.9. The number of hydrogen-bond donors (Lipinski definition) is 2. The van der Waals surface area contributed by atoms with Crippen molar-refractivity contribution in [3.05, 3.63) is 71.3 Å². The fraction of sp³-hybridized carbons (Fsp3) is 0.375. The van der Waals surface area contributed by atoms with Crippen LogP contribution in [0.15, 0.2) is 48.5 Å². The fourth-order valence-electron chi connectivity index (χ4n) is 5.64. The molecule has 7 nitrogen and oxygen atoms in total. The highest BCUT2D eigenvalue weighted by molar-refractivity contribution is 5.99. The zero-order valence-electron chi connectivity index (χ0n) is 23.8. The number of rotatable bonds is 9. The maximum atomic E-state index is 15.9. The lowest BCUT2D eigenvalue weighted by atomic mass is 9.89. The summed E-state index contributed by atoms with van der Waals surface area (Å²) in [6.07, 6.45) is -0.377. The number of carboxylic acid groups (broad SMARTS) is 1. The van der Waals surface area contributed by atoms with E-state index < -0.39 is 29.4 Å². The highest BCUT2D eigenvalue weighted by Gasteiger charge is 2.38. The molecule has 1 saturated carbocycles. The summed E-state index contributed by atoms with van der Waals surface area (Å²) in [5, 5.41) is 12.5. The van der Waals surface area contributed by atoms with Gasteiger partial charge in [0.2, 0.25) is 18.6 Å². The number of nitrogens with one attached hydrogen (secondary N) is 1. The number of alkyl halides is 2. The van der Waals surface area contributed by atoms with Crippen molar-refractivity contribution in [3.8, 4) is 22.6 Å². The van der Waals surface area contributed by atoms with Gasteiger partial charge in [-0.3, -0.25) is 4.79 Å². The third-order valence-electron chi connectivity index (χ3n) is 7.66. The minimum Gasteiger partial charge on any atom is -0.478 e. The zero-order chi connectivity index (χ0) is 30.9. The van der Waals surface area contributed by atoms with Gasteiger partial charge in [-0.05, 0) is 66.8 Å². The largest absolute Gasteiger partial charge is 0.478 e. The summed E-state index contributed by atoms with van der Waals surface area (Å²) in [5.74, 6) is -5.11. The third-order valence-corrected chi connectivity index (χ3v) is 7.66. The predicted octanol–water partition coefficient (Wildman–Crippen LogP) is 7.28. The molecule has 1 aliphatic carbocycles. The first-order valence-corrected chi connectivity index (χ1v) is 14.1. The quantitative estimate of drug-likeness (QED) is 0.251. The van der Waals surface area contributed by atoms with Crippen LogP contribution >= 0.6 is 0 Å². The number of halogens is 4. The Balaban J connectivity index is 1.57. The monoisotopic (exact) mass is 600 g/mol. The SMILES string of the molecule is CC(C)CN(c1cc(F)c(-c2cc(F)ccc2C(=O)O)cc1NC(=O)Cc1ccc2c(c1)OCO2)C1CCC(F)(F)CC1. The Morgan fingerprint density at radius 2 is 1.72 bits per heavy atom. The Labute approximate surface area is 246 Å². The Kier molecular flexibility index (Phi) is 8.52. The van der Waals surface area contributed by atoms with Gasteiger partial charge in [0.05, 0.1) is 23.4 Å². The number of fused-ring (bicyclic) bond motifs is 1. The molecule has 0 radical (unpaired) electrons. The molecule has 2 N–H and O–H groups in total. The molecule has 0 spiro atoms. The van der Waals surface area contributed by atoms with E-state index in [0.29, 0.717) is 23.6 Å². The molecular formula is C32H32F4N2O5. The van der Waals surface area contributed by atoms with Crippen LogP contribution in [0.25, 0.3) is 11.1 Å². The van der Waals surface area contributed by atoms with Gasteiger partial charge in [-0.15, -0.1) is 0 Å². The lowest BCUT2D eigenvalue weighted by Crippen LogP contribution is -2.43. The molecule has 0 aromatic heterocycles. The van der Waals surface area contributed by atoms with Crippen molar-refractivity contribution in [1.29, 1.82) is 0 Å². The summed E-state index contributed by atoms with van der Waals surface area (Å²) in [5.41, 5.74) is 0.309. The fourth-order valence-corrected chi connectivity index (χ4v) is 5.64. The molecular weight excluding hydrogens is 568 g/mol. The first kappa shape index (κ1) is 30.2. The van der Waals surface area contributed by atoms with Gasteiger partial charge in [0.15, 0.2) is 11.5 Å². The van der Waals surface area contributed by atoms with Crippen molar-refractivity contribution < 1.29 is 41.7 Å². The molecule has 228 valence electrons. The molecule has 11 heteroatoms. The topological polar surface area (TPSA) is 88.1 Å². The highest BCUT2D eigenvalue weighted by Crippen LogP contribution is 2.42. The molecule has 1 amide bonds. The average Bonchev–Trinajstić information content (AvgIpc) is 3.40. The summed E-state index contributed by atoms with van der Waals surface area (Å²) < 4.78 is 69.0. The standard InChI is InChI=1S/C32H32F4N2O5/c1-18(2)16-38(21-7-9-32(35,36)10-8-21)27-15-25(34)24(23-13-20(33)4-5-22(23)31(40)41)14-26(27)37-30(39)12-19-3-6-28-29(11-19)43-17-42-28/h3-6,11,13-15,18,21H,7-10,12,16-17H2,1-2H3,(H,37,39)(H,40,41). The van der Waals surface area contributed by atoms with Crippen LogP contribution in [0, 0.1) is 17.6 Å². The number of carboxylic acids is 1. The van der Waals surface area contributed by atoms with E-state index in [0.717, 1.165) is 24.3 Å². The summed E-state index contributed by atoms with van der Waals surface area (Å²) in [7, 11) is 0. The summed E-state index contributed by atoms with van der Waals surface area (Å²) in [6, 6.07) is 10.1. The van der Waals surface area contributed by atoms with E-state index in [1.165, 1.54) is 6.07 Å². The zero-order valence-corrected chi connectivity index (χ0v) is 23.8. The molecule has 1 aliphatic heterocycles. The lowest BCUT2D eigenvalue weighted by molar-refractivity contribution is -0.115. The van der Waals surface area contributed by atoms with Crippen molar-refractivity contribution in [1.82, 2.24) is 0 Å². The second kappa shape index (κ2) is 12.1. The van der Waals surface area contributed by atoms with Crippen molar-refractivity contribution in [3.63, 3.8) is 0 Å². The number of hydrogen-bond acceptors (Lipinski definition) is 5. The van der Waals surface area contributed by atoms with Gasteiger partial charge < -0.3 is 24.8 Å². The summed E-state index contributed by atoms with van der Waals surface area (Å²) >= 11 is 0. The molecule has 0 atom stereocenters. The van der Waals surface area contributed by atoms with Crippen LogP contribution < -0.4 is 19.7 Å². The third kappa shape index (κ3) is 6.87. The molecule has 3 aromatic carbocycles. The lowest BCUT2D eigenvalue weighted by Gasteiger charge is -2.40. The maximum Gasteiger partial charge on any atom is 0.336 e. The number of nitrogens with zero attached hydrogens (tertiary/aromatic N) is 1. The number of amides is 1. The van der Waals surface area contributed by atoms with E-state index in [-0.39, 0.29) is 78.9 Å². The van der Waals surface area contributed by atoms with Crippen molar-refractivity contribution >= 4 is 23.3 Å². The van der Waals surface area contributed by atoms with Crippen LogP contribution in [-0.2, 0) is 11.2 Å². The van der Waals surface area contributed by atoms with E-state index >= 15 is 4.39 Å². The van der Waals surface area contributed by atoms with Gasteiger partial charge in [-0.25, -0.2) is 22.4 Å². The van der Waals surface area contributed by atoms with Crippen LogP contribution in [-0.4, -0.2) is 42.3 Å². The van der Waals surface area contributed by atoms with Gasteiger partial charge >= 0.3 is 5.97 Å². The molecule has 2 aliphatic rings. The first-order valence-electron chi connectivity index (χ1n) is 14.1.